The molecule has 5 heteroatoms. The van der Waals surface area contributed by atoms with Gasteiger partial charge < -0.3 is 4.74 Å². The first-order valence-corrected chi connectivity index (χ1v) is 4.88. The molecule has 14 heavy (non-hydrogen) atoms. The molecule has 0 aromatic heterocycles. The van der Waals surface area contributed by atoms with E-state index in [1.807, 2.05) is 6.07 Å². The van der Waals surface area contributed by atoms with Crippen molar-refractivity contribution in [1.82, 2.24) is 0 Å². The first-order chi connectivity index (χ1) is 6.63. The van der Waals surface area contributed by atoms with Crippen LogP contribution in [0.2, 0.25) is 0 Å². The van der Waals surface area contributed by atoms with Gasteiger partial charge in [-0.05, 0) is 40.3 Å². The molecule has 1 N–H and O–H groups in total. The van der Waals surface area contributed by atoms with Crippen molar-refractivity contribution < 1.29 is 14.9 Å². The maximum atomic E-state index is 10.2. The van der Waals surface area contributed by atoms with Crippen LogP contribution in [0, 0.1) is 8.48 Å². The summed E-state index contributed by atoms with van der Waals surface area (Å²) in [5.41, 5.74) is 0.824. The van der Waals surface area contributed by atoms with Gasteiger partial charge in [-0.3, -0.25) is 0 Å². The highest BCUT2D eigenvalue weighted by atomic mass is 127. The lowest BCUT2D eigenvalue weighted by Crippen LogP contribution is -1.89. The summed E-state index contributed by atoms with van der Waals surface area (Å²) in [6.45, 7) is 0. The second-order valence-electron chi connectivity index (χ2n) is 2.51. The molecular weight excluding hydrogens is 297 g/mol. The Kier molecular flexibility index (Phi) is 3.87. The highest BCUT2D eigenvalue weighted by molar-refractivity contribution is 14.1. The van der Waals surface area contributed by atoms with Gasteiger partial charge in [0.15, 0.2) is 0 Å². The van der Waals surface area contributed by atoms with E-state index in [4.69, 9.17) is 9.94 Å². The number of halogens is 1. The fraction of sp³-hybridized carbons (Fsp3) is 0.111. The van der Waals surface area contributed by atoms with Gasteiger partial charge in [0.1, 0.15) is 5.75 Å². The van der Waals surface area contributed by atoms with Crippen molar-refractivity contribution in [2.45, 2.75) is 0 Å². The Morgan fingerprint density at radius 3 is 2.79 bits per heavy atom. The Hall–Kier alpha value is -1.11. The van der Waals surface area contributed by atoms with E-state index in [0.29, 0.717) is 0 Å². The summed E-state index contributed by atoms with van der Waals surface area (Å²) in [5, 5.41) is 8.35. The molecule has 0 saturated heterocycles. The molecule has 74 valence electrons. The van der Waals surface area contributed by atoms with E-state index in [-0.39, 0.29) is 4.92 Å². The Labute approximate surface area is 94.9 Å². The molecule has 0 aliphatic carbocycles. The van der Waals surface area contributed by atoms with E-state index in [0.717, 1.165) is 21.1 Å². The summed E-state index contributed by atoms with van der Waals surface area (Å²) >= 11 is 2.13. The quantitative estimate of drug-likeness (QED) is 0.689. The van der Waals surface area contributed by atoms with Gasteiger partial charge in [0, 0.05) is 6.08 Å². The Bertz CT molecular complexity index is 376. The van der Waals surface area contributed by atoms with E-state index in [9.17, 15) is 4.91 Å². The summed E-state index contributed by atoms with van der Waals surface area (Å²) < 4.78 is 6.02. The molecule has 0 spiro atoms. The third kappa shape index (κ3) is 2.99. The molecule has 0 heterocycles. The van der Waals surface area contributed by atoms with Gasteiger partial charge in [-0.1, -0.05) is 6.07 Å². The second kappa shape index (κ2) is 4.94. The summed E-state index contributed by atoms with van der Waals surface area (Å²) in [4.78, 5) is 9.94. The zero-order valence-electron chi connectivity index (χ0n) is 7.48. The topological polar surface area (TPSA) is 49.5 Å². The highest BCUT2D eigenvalue weighted by Gasteiger charge is 2.00. The number of rotatable bonds is 3. The van der Waals surface area contributed by atoms with Gasteiger partial charge >= 0.3 is 0 Å². The number of hydrogen-bond donors (Lipinski definition) is 1. The summed E-state index contributed by atoms with van der Waals surface area (Å²) in [5.74, 6) is 0.783. The van der Waals surface area contributed by atoms with Crippen LogP contribution in [0.4, 0.5) is 0 Å². The lowest BCUT2D eigenvalue weighted by Gasteiger charge is -2.02. The Morgan fingerprint density at radius 2 is 2.29 bits per heavy atom. The largest absolute Gasteiger partial charge is 0.496 e. The third-order valence-corrected chi connectivity index (χ3v) is 2.41. The molecule has 0 radical (unpaired) electrons. The van der Waals surface area contributed by atoms with Crippen LogP contribution >= 0.6 is 22.6 Å². The first kappa shape index (κ1) is 11.0. The SMILES string of the molecule is COc1ccc(/C=C/[N+](=O)O)cc1I. The minimum Gasteiger partial charge on any atom is -0.496 e. The van der Waals surface area contributed by atoms with Crippen molar-refractivity contribution in [2.75, 3.05) is 7.11 Å². The molecule has 0 aliphatic rings. The lowest BCUT2D eigenvalue weighted by molar-refractivity contribution is -0.741. The molecule has 0 saturated carbocycles. The van der Waals surface area contributed by atoms with E-state index >= 15 is 0 Å². The molecule has 1 aromatic rings. The van der Waals surface area contributed by atoms with Crippen LogP contribution in [-0.2, 0) is 0 Å². The average Bonchev–Trinajstić information content (AvgIpc) is 2.15. The number of benzene rings is 1. The zero-order valence-corrected chi connectivity index (χ0v) is 9.63. The van der Waals surface area contributed by atoms with Gasteiger partial charge in [-0.2, -0.15) is 0 Å². The van der Waals surface area contributed by atoms with E-state index in [1.165, 1.54) is 6.08 Å². The van der Waals surface area contributed by atoms with Crippen molar-refractivity contribution in [1.29, 1.82) is 0 Å². The van der Waals surface area contributed by atoms with Gasteiger partial charge in [-0.25, -0.2) is 5.21 Å². The molecule has 0 fully saturated rings. The second-order valence-corrected chi connectivity index (χ2v) is 3.67. The van der Waals surface area contributed by atoms with Crippen LogP contribution in [0.25, 0.3) is 6.08 Å². The van der Waals surface area contributed by atoms with Crippen molar-refractivity contribution in [2.24, 2.45) is 0 Å². The van der Waals surface area contributed by atoms with Crippen molar-refractivity contribution in [3.8, 4) is 5.75 Å². The molecule has 0 bridgehead atoms. The summed E-state index contributed by atoms with van der Waals surface area (Å²) in [6.07, 6.45) is 2.53. The van der Waals surface area contributed by atoms with Crippen LogP contribution in [0.5, 0.6) is 5.75 Å². The maximum absolute atomic E-state index is 10.2. The van der Waals surface area contributed by atoms with Gasteiger partial charge in [-0.15, -0.1) is 0 Å². The van der Waals surface area contributed by atoms with Crippen molar-refractivity contribution in [3.05, 3.63) is 38.4 Å². The minimum atomic E-state index is -0.239. The Balaban J connectivity index is 2.91. The van der Waals surface area contributed by atoms with Crippen LogP contribution in [0.15, 0.2) is 24.4 Å². The standard InChI is InChI=1S/C9H9INO3/c1-14-9-3-2-7(6-8(9)10)4-5-11(12)13/h2-6H,1H3,(H,12,13)/q+1/b5-4+. The molecule has 0 aliphatic heterocycles. The van der Waals surface area contributed by atoms with Crippen LogP contribution in [0.3, 0.4) is 0 Å². The fourth-order valence-corrected chi connectivity index (χ4v) is 1.70. The van der Waals surface area contributed by atoms with Crippen LogP contribution < -0.4 is 4.74 Å². The predicted octanol–water partition coefficient (Wildman–Crippen LogP) is 2.44. The average molecular weight is 306 g/mol. The van der Waals surface area contributed by atoms with Crippen LogP contribution in [-0.4, -0.2) is 17.2 Å². The molecular formula is C9H9INO3+. The fourth-order valence-electron chi connectivity index (χ4n) is 0.936. The number of ether oxygens (including phenoxy) is 1. The smallest absolute Gasteiger partial charge is 0.282 e. The third-order valence-electron chi connectivity index (χ3n) is 1.57. The number of methoxy groups -OCH3 is 1. The normalized spacial score (nSPS) is 10.4. The summed E-state index contributed by atoms with van der Waals surface area (Å²) in [6, 6.07) is 5.44. The number of hydrogen-bond acceptors (Lipinski definition) is 2. The van der Waals surface area contributed by atoms with E-state index in [1.54, 1.807) is 19.2 Å². The molecule has 1 aromatic carbocycles. The van der Waals surface area contributed by atoms with E-state index < -0.39 is 0 Å². The van der Waals surface area contributed by atoms with Gasteiger partial charge in [0.05, 0.1) is 15.6 Å². The number of nitrogens with zero attached hydrogens (tertiary/aromatic N) is 1. The maximum Gasteiger partial charge on any atom is 0.282 e. The van der Waals surface area contributed by atoms with Gasteiger partial charge in [0.2, 0.25) is 4.92 Å². The predicted molar refractivity (Wildman–Crippen MR) is 60.2 cm³/mol. The van der Waals surface area contributed by atoms with Crippen LogP contribution in [0.1, 0.15) is 5.56 Å². The Morgan fingerprint density at radius 1 is 1.57 bits per heavy atom. The van der Waals surface area contributed by atoms with E-state index in [2.05, 4.69) is 22.6 Å². The van der Waals surface area contributed by atoms with Crippen molar-refractivity contribution >= 4 is 28.7 Å². The molecule has 0 unspecified atom stereocenters. The minimum absolute atomic E-state index is 0.239. The lowest BCUT2D eigenvalue weighted by atomic mass is 10.2. The monoisotopic (exact) mass is 306 g/mol. The van der Waals surface area contributed by atoms with Crippen molar-refractivity contribution in [3.63, 3.8) is 0 Å². The first-order valence-electron chi connectivity index (χ1n) is 3.80. The molecule has 0 atom stereocenters. The molecule has 4 nitrogen and oxygen atoms in total. The molecule has 0 amide bonds. The van der Waals surface area contributed by atoms with Gasteiger partial charge in [0.25, 0.3) is 6.20 Å². The molecule has 1 rings (SSSR count). The summed E-state index contributed by atoms with van der Waals surface area (Å²) in [7, 11) is 1.60. The highest BCUT2D eigenvalue weighted by Crippen LogP contribution is 2.21. The zero-order chi connectivity index (χ0) is 10.6.